The number of anilines is 1. The number of amides is 1. The Labute approximate surface area is 129 Å². The van der Waals surface area contributed by atoms with E-state index < -0.39 is 24.3 Å². The van der Waals surface area contributed by atoms with Gasteiger partial charge in [-0.05, 0) is 31.0 Å². The summed E-state index contributed by atoms with van der Waals surface area (Å²) in [4.78, 5) is 11.6. The number of fused-ring (bicyclic) bond motifs is 1. The normalized spacial score (nSPS) is 23.7. The van der Waals surface area contributed by atoms with Crippen molar-refractivity contribution in [3.8, 4) is 11.8 Å². The Morgan fingerprint density at radius 1 is 1.41 bits per heavy atom. The molecule has 0 saturated heterocycles. The molecule has 7 heteroatoms. The van der Waals surface area contributed by atoms with Gasteiger partial charge in [-0.3, -0.25) is 5.32 Å². The van der Waals surface area contributed by atoms with Gasteiger partial charge in [0.2, 0.25) is 5.60 Å². The van der Waals surface area contributed by atoms with Gasteiger partial charge in [0.1, 0.15) is 0 Å². The van der Waals surface area contributed by atoms with E-state index in [0.717, 1.165) is 18.9 Å². The SMILES string of the molecule is O=C1Nc2ccc(Cl)cc2C(CC#CC2CC2)(C(F)(F)F)O1. The van der Waals surface area contributed by atoms with Crippen molar-refractivity contribution in [2.24, 2.45) is 5.92 Å². The van der Waals surface area contributed by atoms with Crippen molar-refractivity contribution in [3.63, 3.8) is 0 Å². The minimum absolute atomic E-state index is 0.0335. The number of ether oxygens (including phenoxy) is 1. The Balaban J connectivity index is 2.10. The lowest BCUT2D eigenvalue weighted by atomic mass is 9.87. The average molecular weight is 330 g/mol. The Morgan fingerprint density at radius 3 is 2.77 bits per heavy atom. The summed E-state index contributed by atoms with van der Waals surface area (Å²) in [6.07, 6.45) is -4.80. The zero-order chi connectivity index (χ0) is 16.0. The van der Waals surface area contributed by atoms with Crippen LogP contribution < -0.4 is 5.32 Å². The van der Waals surface area contributed by atoms with Gasteiger partial charge in [0.15, 0.2) is 0 Å². The second kappa shape index (κ2) is 5.10. The number of alkyl halides is 3. The summed E-state index contributed by atoms with van der Waals surface area (Å²) in [6, 6.07) is 3.89. The zero-order valence-electron chi connectivity index (χ0n) is 11.3. The minimum atomic E-state index is -4.80. The van der Waals surface area contributed by atoms with Crippen LogP contribution in [0.2, 0.25) is 5.02 Å². The van der Waals surface area contributed by atoms with E-state index in [9.17, 15) is 18.0 Å². The predicted octanol–water partition coefficient (Wildman–Crippen LogP) is 4.46. The highest BCUT2D eigenvalue weighted by atomic mass is 35.5. The van der Waals surface area contributed by atoms with Gasteiger partial charge in [0.05, 0.1) is 12.1 Å². The number of rotatable bonds is 1. The molecule has 3 nitrogen and oxygen atoms in total. The molecular weight excluding hydrogens is 319 g/mol. The van der Waals surface area contributed by atoms with Crippen LogP contribution in [-0.2, 0) is 10.3 Å². The van der Waals surface area contributed by atoms with Crippen molar-refractivity contribution in [1.29, 1.82) is 0 Å². The molecule has 1 aliphatic heterocycles. The molecule has 1 aliphatic carbocycles. The van der Waals surface area contributed by atoms with Crippen molar-refractivity contribution in [1.82, 2.24) is 0 Å². The van der Waals surface area contributed by atoms with Crippen LogP contribution in [0, 0.1) is 17.8 Å². The Morgan fingerprint density at radius 2 is 2.14 bits per heavy atom. The highest BCUT2D eigenvalue weighted by Crippen LogP contribution is 2.50. The number of hydrogen-bond donors (Lipinski definition) is 1. The Kier molecular flexibility index (Phi) is 3.48. The van der Waals surface area contributed by atoms with Gasteiger partial charge in [0.25, 0.3) is 0 Å². The van der Waals surface area contributed by atoms with Crippen LogP contribution in [0.25, 0.3) is 0 Å². The smallest absolute Gasteiger partial charge is 0.427 e. The van der Waals surface area contributed by atoms with Gasteiger partial charge in [0, 0.05) is 16.5 Å². The second-order valence-corrected chi connectivity index (χ2v) is 5.74. The number of carbonyl (C=O) groups is 1. The molecule has 0 bridgehead atoms. The molecule has 22 heavy (non-hydrogen) atoms. The minimum Gasteiger partial charge on any atom is -0.427 e. The highest BCUT2D eigenvalue weighted by Gasteiger charge is 2.61. The van der Waals surface area contributed by atoms with E-state index in [1.807, 2.05) is 0 Å². The molecule has 0 radical (unpaired) electrons. The van der Waals surface area contributed by atoms with Gasteiger partial charge in [-0.2, -0.15) is 13.2 Å². The predicted molar refractivity (Wildman–Crippen MR) is 74.4 cm³/mol. The first kappa shape index (κ1) is 15.0. The molecule has 1 heterocycles. The van der Waals surface area contributed by atoms with Crippen molar-refractivity contribution >= 4 is 23.4 Å². The first-order chi connectivity index (χ1) is 10.3. The summed E-state index contributed by atoms with van der Waals surface area (Å²) in [5.74, 6) is 5.45. The summed E-state index contributed by atoms with van der Waals surface area (Å²) < 4.78 is 45.8. The monoisotopic (exact) mass is 329 g/mol. The third kappa shape index (κ3) is 2.61. The summed E-state index contributed by atoms with van der Waals surface area (Å²) in [7, 11) is 0. The molecule has 1 saturated carbocycles. The molecule has 0 aromatic heterocycles. The van der Waals surface area contributed by atoms with Crippen LogP contribution in [0.4, 0.5) is 23.7 Å². The van der Waals surface area contributed by atoms with E-state index >= 15 is 0 Å². The van der Waals surface area contributed by atoms with Crippen LogP contribution >= 0.6 is 11.6 Å². The number of nitrogens with one attached hydrogen (secondary N) is 1. The quantitative estimate of drug-likeness (QED) is 0.772. The molecule has 1 fully saturated rings. The van der Waals surface area contributed by atoms with Gasteiger partial charge >= 0.3 is 12.3 Å². The lowest BCUT2D eigenvalue weighted by molar-refractivity contribution is -0.262. The molecule has 1 amide bonds. The van der Waals surface area contributed by atoms with Crippen molar-refractivity contribution in [2.75, 3.05) is 5.32 Å². The number of carbonyl (C=O) groups excluding carboxylic acids is 1. The second-order valence-electron chi connectivity index (χ2n) is 5.30. The van der Waals surface area contributed by atoms with E-state index in [1.165, 1.54) is 12.1 Å². The third-order valence-corrected chi connectivity index (χ3v) is 3.83. The maximum absolute atomic E-state index is 13.7. The summed E-state index contributed by atoms with van der Waals surface area (Å²) in [6.45, 7) is 0. The fourth-order valence-corrected chi connectivity index (χ4v) is 2.47. The maximum atomic E-state index is 13.7. The molecule has 1 aromatic carbocycles. The maximum Gasteiger partial charge on any atom is 0.433 e. The summed E-state index contributed by atoms with van der Waals surface area (Å²) in [5.41, 5.74) is -2.99. The van der Waals surface area contributed by atoms with Crippen LogP contribution in [0.5, 0.6) is 0 Å². The van der Waals surface area contributed by atoms with Crippen LogP contribution in [0.1, 0.15) is 24.8 Å². The molecule has 1 aromatic rings. The van der Waals surface area contributed by atoms with Crippen LogP contribution in [0.15, 0.2) is 18.2 Å². The molecule has 0 spiro atoms. The van der Waals surface area contributed by atoms with E-state index in [2.05, 4.69) is 21.9 Å². The van der Waals surface area contributed by atoms with Crippen LogP contribution in [0.3, 0.4) is 0 Å². The van der Waals surface area contributed by atoms with E-state index in [-0.39, 0.29) is 22.2 Å². The Bertz CT molecular complexity index is 688. The van der Waals surface area contributed by atoms with Crippen molar-refractivity contribution in [2.45, 2.75) is 31.0 Å². The largest absolute Gasteiger partial charge is 0.433 e. The highest BCUT2D eigenvalue weighted by molar-refractivity contribution is 6.30. The molecule has 1 unspecified atom stereocenters. The molecule has 2 aliphatic rings. The fourth-order valence-electron chi connectivity index (χ4n) is 2.30. The fraction of sp³-hybridized carbons (Fsp3) is 0.400. The number of cyclic esters (lactones) is 1. The molecule has 1 N–H and O–H groups in total. The number of benzene rings is 1. The number of halogens is 4. The summed E-state index contributed by atoms with van der Waals surface area (Å²) in [5, 5.41) is 2.38. The van der Waals surface area contributed by atoms with Gasteiger partial charge in [-0.15, -0.1) is 0 Å². The Hall–Kier alpha value is -1.87. The molecule has 3 rings (SSSR count). The lowest BCUT2D eigenvalue weighted by Gasteiger charge is -2.38. The van der Waals surface area contributed by atoms with Gasteiger partial charge < -0.3 is 4.74 Å². The van der Waals surface area contributed by atoms with E-state index in [0.29, 0.717) is 0 Å². The standard InChI is InChI=1S/C15H11ClF3NO2/c16-10-5-6-12-11(8-10)14(15(17,18)19,22-13(21)20-12)7-1-2-9-3-4-9/h5-6,8-9H,3-4,7H2,(H,20,21). The third-order valence-electron chi connectivity index (χ3n) is 3.60. The van der Waals surface area contributed by atoms with E-state index in [4.69, 9.17) is 11.6 Å². The molecule has 116 valence electrons. The molecule has 1 atom stereocenters. The first-order valence-corrected chi connectivity index (χ1v) is 7.05. The molecular formula is C15H11ClF3NO2. The first-order valence-electron chi connectivity index (χ1n) is 6.67. The van der Waals surface area contributed by atoms with Crippen molar-refractivity contribution < 1.29 is 22.7 Å². The lowest BCUT2D eigenvalue weighted by Crippen LogP contribution is -2.50. The zero-order valence-corrected chi connectivity index (χ0v) is 12.0. The van der Waals surface area contributed by atoms with Crippen LogP contribution in [-0.4, -0.2) is 12.3 Å². The van der Waals surface area contributed by atoms with Crippen molar-refractivity contribution in [3.05, 3.63) is 28.8 Å². The average Bonchev–Trinajstić information content (AvgIpc) is 3.22. The topological polar surface area (TPSA) is 38.3 Å². The van der Waals surface area contributed by atoms with Gasteiger partial charge in [-0.1, -0.05) is 23.4 Å². The van der Waals surface area contributed by atoms with E-state index in [1.54, 1.807) is 0 Å². The van der Waals surface area contributed by atoms with Gasteiger partial charge in [-0.25, -0.2) is 4.79 Å². The number of hydrogen-bond acceptors (Lipinski definition) is 2. The summed E-state index contributed by atoms with van der Waals surface area (Å²) >= 11 is 5.81.